The van der Waals surface area contributed by atoms with E-state index in [9.17, 15) is 27.9 Å². The number of hydrogen-bond acceptors (Lipinski definition) is 4. The zero-order valence-corrected chi connectivity index (χ0v) is 20.5. The third kappa shape index (κ3) is 6.73. The van der Waals surface area contributed by atoms with Gasteiger partial charge >= 0.3 is 18.1 Å². The van der Waals surface area contributed by atoms with Crippen LogP contribution >= 0.6 is 67.8 Å². The fraction of sp³-hybridized carbons (Fsp3) is 0.176. The SMILES string of the molecule is O=C(O)[C@H](Cc1cc(I)c(Oc2ccc(O)c(I)c2)c(I)c1)NC(=O)C(F)(F)F. The number of benzene rings is 2. The highest BCUT2D eigenvalue weighted by atomic mass is 127. The van der Waals surface area contributed by atoms with Crippen LogP contribution in [0.2, 0.25) is 0 Å². The van der Waals surface area contributed by atoms with Crippen LogP contribution in [-0.2, 0) is 16.0 Å². The van der Waals surface area contributed by atoms with Gasteiger partial charge in [-0.3, -0.25) is 4.79 Å². The maximum absolute atomic E-state index is 12.4. The van der Waals surface area contributed by atoms with E-state index in [2.05, 4.69) is 0 Å². The molecule has 0 bridgehead atoms. The zero-order chi connectivity index (χ0) is 21.9. The summed E-state index contributed by atoms with van der Waals surface area (Å²) >= 11 is 5.87. The van der Waals surface area contributed by atoms with Gasteiger partial charge in [0, 0.05) is 6.42 Å². The number of alkyl halides is 3. The Morgan fingerprint density at radius 2 is 1.66 bits per heavy atom. The summed E-state index contributed by atoms with van der Waals surface area (Å²) < 4.78 is 44.8. The summed E-state index contributed by atoms with van der Waals surface area (Å²) in [7, 11) is 0. The van der Waals surface area contributed by atoms with Crippen LogP contribution in [0.3, 0.4) is 0 Å². The largest absolute Gasteiger partial charge is 0.507 e. The molecule has 0 aliphatic rings. The summed E-state index contributed by atoms with van der Waals surface area (Å²) in [4.78, 5) is 22.3. The van der Waals surface area contributed by atoms with E-state index in [1.807, 2.05) is 67.8 Å². The highest BCUT2D eigenvalue weighted by molar-refractivity contribution is 14.1. The molecule has 0 radical (unpaired) electrons. The van der Waals surface area contributed by atoms with Crippen LogP contribution in [0.15, 0.2) is 30.3 Å². The molecule has 0 unspecified atom stereocenters. The Bertz CT molecular complexity index is 929. The van der Waals surface area contributed by atoms with Crippen LogP contribution in [-0.4, -0.2) is 34.3 Å². The molecule has 0 aliphatic heterocycles. The molecule has 2 aromatic rings. The van der Waals surface area contributed by atoms with Crippen molar-refractivity contribution in [3.05, 3.63) is 46.6 Å². The average Bonchev–Trinajstić information content (AvgIpc) is 2.59. The predicted molar refractivity (Wildman–Crippen MR) is 122 cm³/mol. The number of carbonyl (C=O) groups excluding carboxylic acids is 1. The standard InChI is InChI=1S/C17H11F3I3NO5/c18-17(19,20)16(28)24-12(15(26)27)5-7-3-10(22)14(11(23)4-7)29-8-1-2-13(25)9(21)6-8/h1-4,6,12,25H,5H2,(H,24,28)(H,26,27)/t12-/m0/s1. The molecule has 29 heavy (non-hydrogen) atoms. The van der Waals surface area contributed by atoms with E-state index in [1.165, 1.54) is 11.4 Å². The van der Waals surface area contributed by atoms with Gasteiger partial charge in [0.1, 0.15) is 17.5 Å². The lowest BCUT2D eigenvalue weighted by Crippen LogP contribution is -2.47. The number of halogens is 6. The van der Waals surface area contributed by atoms with Crippen molar-refractivity contribution in [2.75, 3.05) is 0 Å². The summed E-state index contributed by atoms with van der Waals surface area (Å²) in [5.74, 6) is -2.83. The summed E-state index contributed by atoms with van der Waals surface area (Å²) in [6.45, 7) is 0. The van der Waals surface area contributed by atoms with E-state index >= 15 is 0 Å². The van der Waals surface area contributed by atoms with Crippen LogP contribution < -0.4 is 10.1 Å². The number of ether oxygens (including phenoxy) is 1. The first kappa shape index (κ1) is 24.2. The van der Waals surface area contributed by atoms with Crippen molar-refractivity contribution in [1.29, 1.82) is 0 Å². The van der Waals surface area contributed by atoms with Crippen molar-refractivity contribution in [3.63, 3.8) is 0 Å². The zero-order valence-electron chi connectivity index (χ0n) is 14.1. The number of carbonyl (C=O) groups is 2. The number of hydrogen-bond donors (Lipinski definition) is 3. The third-order valence-electron chi connectivity index (χ3n) is 3.50. The third-order valence-corrected chi connectivity index (χ3v) is 5.96. The number of phenols is 1. The number of carboxylic acids is 1. The van der Waals surface area contributed by atoms with Crippen LogP contribution in [0, 0.1) is 10.7 Å². The van der Waals surface area contributed by atoms with E-state index in [0.717, 1.165) is 0 Å². The lowest BCUT2D eigenvalue weighted by Gasteiger charge is -2.17. The molecular weight excluding hydrogens is 736 g/mol. The van der Waals surface area contributed by atoms with Gasteiger partial charge in [0.05, 0.1) is 10.7 Å². The molecule has 0 fully saturated rings. The second-order valence-corrected chi connectivity index (χ2v) is 9.16. The second kappa shape index (κ2) is 9.84. The minimum absolute atomic E-state index is 0.110. The summed E-state index contributed by atoms with van der Waals surface area (Å²) in [5, 5.41) is 20.2. The van der Waals surface area contributed by atoms with E-state index in [1.54, 1.807) is 24.3 Å². The Morgan fingerprint density at radius 1 is 1.07 bits per heavy atom. The normalized spacial score (nSPS) is 12.3. The van der Waals surface area contributed by atoms with E-state index in [4.69, 9.17) is 9.84 Å². The number of amides is 1. The van der Waals surface area contributed by atoms with Gasteiger partial charge in [0.2, 0.25) is 0 Å². The molecule has 6 nitrogen and oxygen atoms in total. The molecule has 0 spiro atoms. The molecule has 12 heteroatoms. The Morgan fingerprint density at radius 3 is 2.14 bits per heavy atom. The van der Waals surface area contributed by atoms with E-state index < -0.39 is 24.1 Å². The highest BCUT2D eigenvalue weighted by Gasteiger charge is 2.40. The van der Waals surface area contributed by atoms with Crippen molar-refractivity contribution in [1.82, 2.24) is 5.32 Å². The molecule has 0 aliphatic carbocycles. The summed E-state index contributed by atoms with van der Waals surface area (Å²) in [6, 6.07) is 6.08. The predicted octanol–water partition coefficient (Wildman–Crippen LogP) is 4.67. The van der Waals surface area contributed by atoms with Gasteiger partial charge in [-0.05, 0) is 104 Å². The lowest BCUT2D eigenvalue weighted by atomic mass is 10.1. The van der Waals surface area contributed by atoms with Crippen molar-refractivity contribution in [3.8, 4) is 17.2 Å². The first-order valence-corrected chi connectivity index (χ1v) is 10.9. The Hall–Kier alpha value is -1.04. The van der Waals surface area contributed by atoms with Gasteiger partial charge in [0.15, 0.2) is 5.75 Å². The molecule has 0 heterocycles. The molecule has 2 rings (SSSR count). The quantitative estimate of drug-likeness (QED) is 0.374. The maximum Gasteiger partial charge on any atom is 0.471 e. The molecule has 1 atom stereocenters. The van der Waals surface area contributed by atoms with Gasteiger partial charge in [-0.2, -0.15) is 13.2 Å². The second-order valence-electron chi connectivity index (χ2n) is 5.67. The van der Waals surface area contributed by atoms with Gasteiger partial charge in [-0.15, -0.1) is 0 Å². The first-order chi connectivity index (χ1) is 13.4. The van der Waals surface area contributed by atoms with Gasteiger partial charge in [-0.25, -0.2) is 4.79 Å². The molecule has 1 amide bonds. The van der Waals surface area contributed by atoms with Crippen LogP contribution in [0.4, 0.5) is 13.2 Å². The Labute approximate surface area is 203 Å². The number of carboxylic acid groups (broad SMARTS) is 1. The first-order valence-electron chi connectivity index (χ1n) is 7.63. The average molecular weight is 747 g/mol. The van der Waals surface area contributed by atoms with Gasteiger partial charge in [0.25, 0.3) is 0 Å². The molecule has 0 aromatic heterocycles. The van der Waals surface area contributed by atoms with Crippen molar-refractivity contribution in [2.24, 2.45) is 0 Å². The van der Waals surface area contributed by atoms with Crippen molar-refractivity contribution >= 4 is 79.6 Å². The van der Waals surface area contributed by atoms with Gasteiger partial charge in [-0.1, -0.05) is 0 Å². The molecule has 2 aromatic carbocycles. The summed E-state index contributed by atoms with van der Waals surface area (Å²) in [5.41, 5.74) is 0.418. The number of aliphatic carboxylic acids is 1. The minimum Gasteiger partial charge on any atom is -0.507 e. The van der Waals surface area contributed by atoms with Crippen LogP contribution in [0.1, 0.15) is 5.56 Å². The summed E-state index contributed by atoms with van der Waals surface area (Å²) in [6.07, 6.45) is -5.50. The smallest absolute Gasteiger partial charge is 0.471 e. The number of aromatic hydroxyl groups is 1. The van der Waals surface area contributed by atoms with Gasteiger partial charge < -0.3 is 20.3 Å². The minimum atomic E-state index is -5.17. The Kier molecular flexibility index (Phi) is 8.23. The molecule has 3 N–H and O–H groups in total. The number of rotatable bonds is 6. The monoisotopic (exact) mass is 747 g/mol. The highest BCUT2D eigenvalue weighted by Crippen LogP contribution is 2.35. The van der Waals surface area contributed by atoms with Crippen molar-refractivity contribution in [2.45, 2.75) is 18.6 Å². The fourth-order valence-electron chi connectivity index (χ4n) is 2.17. The lowest BCUT2D eigenvalue weighted by molar-refractivity contribution is -0.175. The van der Waals surface area contributed by atoms with Crippen molar-refractivity contribution < 1.29 is 37.7 Å². The van der Waals surface area contributed by atoms with Crippen LogP contribution in [0.25, 0.3) is 0 Å². The molecule has 0 saturated carbocycles. The topological polar surface area (TPSA) is 95.9 Å². The number of nitrogens with one attached hydrogen (secondary N) is 1. The van der Waals surface area contributed by atoms with E-state index in [0.29, 0.717) is 27.8 Å². The molecular formula is C17H11F3I3NO5. The number of phenolic OH excluding ortho intramolecular Hbond substituents is 1. The maximum atomic E-state index is 12.4. The molecule has 156 valence electrons. The van der Waals surface area contributed by atoms with Crippen LogP contribution in [0.5, 0.6) is 17.2 Å². The Balaban J connectivity index is 2.23. The molecule has 0 saturated heterocycles. The van der Waals surface area contributed by atoms with E-state index in [-0.39, 0.29) is 12.2 Å². The fourth-order valence-corrected chi connectivity index (χ4v) is 4.78.